The molecule has 1 aliphatic rings. The molecule has 3 aromatic rings. The fourth-order valence-corrected chi connectivity index (χ4v) is 3.25. The van der Waals surface area contributed by atoms with Crippen LogP contribution in [0.2, 0.25) is 5.02 Å². The van der Waals surface area contributed by atoms with E-state index in [9.17, 15) is 4.79 Å². The van der Waals surface area contributed by atoms with Crippen molar-refractivity contribution in [2.24, 2.45) is 0 Å². The van der Waals surface area contributed by atoms with Crippen molar-refractivity contribution in [3.05, 3.63) is 71.4 Å². The predicted octanol–water partition coefficient (Wildman–Crippen LogP) is 4.78. The van der Waals surface area contributed by atoms with Gasteiger partial charge < -0.3 is 0 Å². The first kappa shape index (κ1) is 16.5. The molecule has 0 saturated carbocycles. The smallest absolute Gasteiger partial charge is 0.292 e. The normalized spacial score (nSPS) is 13.2. The second-order valence-electron chi connectivity index (χ2n) is 6.09. The highest BCUT2D eigenvalue weighted by atomic mass is 35.5. The maximum atomic E-state index is 12.7. The fraction of sp³-hybridized carbons (Fsp3) is 0.150. The van der Waals surface area contributed by atoms with Crippen molar-refractivity contribution in [2.75, 3.05) is 16.8 Å². The molecular weight excluding hydrogens is 348 g/mol. The number of carbonyl (C=O) groups excluding carboxylic acids is 1. The number of fused-ring (bicyclic) bond motifs is 1. The van der Waals surface area contributed by atoms with Gasteiger partial charge in [0.05, 0.1) is 5.69 Å². The third-order valence-electron chi connectivity index (χ3n) is 4.30. The number of urea groups is 1. The molecular formula is C20H17ClN4O. The molecule has 0 spiro atoms. The molecule has 6 heteroatoms. The summed E-state index contributed by atoms with van der Waals surface area (Å²) < 4.78 is 0. The van der Waals surface area contributed by atoms with E-state index in [0.717, 1.165) is 29.7 Å². The number of hydrogen-bond donors (Lipinski definition) is 1. The van der Waals surface area contributed by atoms with Gasteiger partial charge in [-0.1, -0.05) is 35.9 Å². The van der Waals surface area contributed by atoms with Gasteiger partial charge in [0.25, 0.3) is 0 Å². The summed E-state index contributed by atoms with van der Waals surface area (Å²) >= 11 is 6.10. The van der Waals surface area contributed by atoms with E-state index in [1.807, 2.05) is 48.5 Å². The van der Waals surface area contributed by atoms with Gasteiger partial charge in [0.2, 0.25) is 0 Å². The van der Waals surface area contributed by atoms with Crippen LogP contribution >= 0.6 is 11.6 Å². The van der Waals surface area contributed by atoms with Gasteiger partial charge in [0.15, 0.2) is 0 Å². The van der Waals surface area contributed by atoms with Gasteiger partial charge in [-0.2, -0.15) is 0 Å². The number of benzene rings is 1. The number of pyridine rings is 2. The van der Waals surface area contributed by atoms with E-state index >= 15 is 0 Å². The van der Waals surface area contributed by atoms with Crippen LogP contribution in [0.5, 0.6) is 0 Å². The summed E-state index contributed by atoms with van der Waals surface area (Å²) in [7, 11) is 0. The number of halogens is 1. The van der Waals surface area contributed by atoms with Crippen LogP contribution in [0.4, 0.5) is 16.4 Å². The fourth-order valence-electron chi connectivity index (χ4n) is 3.06. The van der Waals surface area contributed by atoms with Gasteiger partial charge >= 0.3 is 6.03 Å². The summed E-state index contributed by atoms with van der Waals surface area (Å²) in [6.07, 6.45) is 3.46. The molecule has 2 aromatic heterocycles. The summed E-state index contributed by atoms with van der Waals surface area (Å²) in [5.74, 6) is 1.22. The molecule has 1 aromatic carbocycles. The second-order valence-corrected chi connectivity index (χ2v) is 6.53. The van der Waals surface area contributed by atoms with Crippen molar-refractivity contribution in [1.29, 1.82) is 0 Å². The molecule has 2 amide bonds. The number of hydrogen-bond acceptors (Lipinski definition) is 3. The van der Waals surface area contributed by atoms with Gasteiger partial charge in [0, 0.05) is 23.3 Å². The Kier molecular flexibility index (Phi) is 4.54. The minimum atomic E-state index is -0.222. The van der Waals surface area contributed by atoms with Crippen molar-refractivity contribution in [3.8, 4) is 11.3 Å². The lowest BCUT2D eigenvalue weighted by atomic mass is 10.0. The van der Waals surface area contributed by atoms with Gasteiger partial charge in [-0.05, 0) is 48.7 Å². The molecule has 0 radical (unpaired) electrons. The predicted molar refractivity (Wildman–Crippen MR) is 104 cm³/mol. The molecule has 0 bridgehead atoms. The maximum Gasteiger partial charge on any atom is 0.328 e. The number of nitrogens with zero attached hydrogens (tertiary/aromatic N) is 3. The number of aryl methyl sites for hydroxylation is 1. The van der Waals surface area contributed by atoms with Crippen molar-refractivity contribution in [3.63, 3.8) is 0 Å². The van der Waals surface area contributed by atoms with Crippen molar-refractivity contribution < 1.29 is 4.79 Å². The molecule has 0 saturated heterocycles. The first-order chi connectivity index (χ1) is 12.7. The first-order valence-corrected chi connectivity index (χ1v) is 8.84. The van der Waals surface area contributed by atoms with Crippen LogP contribution < -0.4 is 10.2 Å². The Hall–Kier alpha value is -2.92. The Morgan fingerprint density at radius 3 is 2.85 bits per heavy atom. The number of nitrogens with one attached hydrogen (secondary N) is 1. The van der Waals surface area contributed by atoms with Crippen molar-refractivity contribution in [1.82, 2.24) is 9.97 Å². The highest BCUT2D eigenvalue weighted by Crippen LogP contribution is 2.30. The molecule has 5 nitrogen and oxygen atoms in total. The highest BCUT2D eigenvalue weighted by molar-refractivity contribution is 6.30. The van der Waals surface area contributed by atoms with Gasteiger partial charge in [-0.15, -0.1) is 0 Å². The molecule has 1 N–H and O–H groups in total. The number of anilines is 2. The third-order valence-corrected chi connectivity index (χ3v) is 4.54. The molecule has 1 aliphatic heterocycles. The molecule has 0 fully saturated rings. The molecule has 3 heterocycles. The van der Waals surface area contributed by atoms with Crippen LogP contribution in [0.3, 0.4) is 0 Å². The topological polar surface area (TPSA) is 58.1 Å². The minimum absolute atomic E-state index is 0.222. The van der Waals surface area contributed by atoms with Crippen LogP contribution in [0.15, 0.2) is 60.8 Å². The van der Waals surface area contributed by atoms with Gasteiger partial charge in [0.1, 0.15) is 11.6 Å². The van der Waals surface area contributed by atoms with E-state index in [0.29, 0.717) is 23.2 Å². The van der Waals surface area contributed by atoms with E-state index in [2.05, 4.69) is 10.3 Å². The Bertz CT molecular complexity index is 946. The summed E-state index contributed by atoms with van der Waals surface area (Å²) in [5.41, 5.74) is 2.79. The summed E-state index contributed by atoms with van der Waals surface area (Å²) in [5, 5.41) is 3.49. The maximum absolute atomic E-state index is 12.7. The average Bonchev–Trinajstić information content (AvgIpc) is 2.68. The Balaban J connectivity index is 1.66. The number of rotatable bonds is 2. The van der Waals surface area contributed by atoms with Gasteiger partial charge in [-0.25, -0.2) is 14.8 Å². The number of carbonyl (C=O) groups is 1. The quantitative estimate of drug-likeness (QED) is 0.711. The first-order valence-electron chi connectivity index (χ1n) is 8.46. The highest BCUT2D eigenvalue weighted by Gasteiger charge is 2.24. The van der Waals surface area contributed by atoms with E-state index < -0.39 is 0 Å². The Labute approximate surface area is 156 Å². The molecule has 0 unspecified atom stereocenters. The summed E-state index contributed by atoms with van der Waals surface area (Å²) in [4.78, 5) is 23.3. The molecule has 0 aliphatic carbocycles. The summed E-state index contributed by atoms with van der Waals surface area (Å²) in [6.45, 7) is 0.623. The van der Waals surface area contributed by atoms with E-state index in [-0.39, 0.29) is 6.03 Å². The SMILES string of the molecule is O=C(Nc1ccccn1)N1CCCc2ccc(-c3cccc(Cl)c3)nc21. The van der Waals surface area contributed by atoms with Crippen LogP contribution in [0.1, 0.15) is 12.0 Å². The largest absolute Gasteiger partial charge is 0.328 e. The lowest BCUT2D eigenvalue weighted by Crippen LogP contribution is -2.39. The molecule has 4 rings (SSSR count). The number of amides is 2. The minimum Gasteiger partial charge on any atom is -0.292 e. The Morgan fingerprint density at radius 1 is 1.12 bits per heavy atom. The Morgan fingerprint density at radius 2 is 2.04 bits per heavy atom. The molecule has 0 atom stereocenters. The lowest BCUT2D eigenvalue weighted by molar-refractivity contribution is 0.256. The monoisotopic (exact) mass is 364 g/mol. The lowest BCUT2D eigenvalue weighted by Gasteiger charge is -2.28. The van der Waals surface area contributed by atoms with Crippen LogP contribution in [0, 0.1) is 0 Å². The standard InChI is InChI=1S/C20H17ClN4O/c21-16-7-3-5-15(13-16)17-10-9-14-6-4-12-25(19(14)23-17)20(26)24-18-8-1-2-11-22-18/h1-3,5,7-11,13H,4,6,12H2,(H,22,24,26). The second kappa shape index (κ2) is 7.14. The van der Waals surface area contributed by atoms with Crippen LogP contribution in [0.25, 0.3) is 11.3 Å². The van der Waals surface area contributed by atoms with E-state index in [4.69, 9.17) is 16.6 Å². The van der Waals surface area contributed by atoms with E-state index in [1.165, 1.54) is 0 Å². The van der Waals surface area contributed by atoms with E-state index in [1.54, 1.807) is 17.2 Å². The third kappa shape index (κ3) is 3.39. The average molecular weight is 365 g/mol. The zero-order valence-corrected chi connectivity index (χ0v) is 14.8. The van der Waals surface area contributed by atoms with Crippen molar-refractivity contribution >= 4 is 29.3 Å². The molecule has 130 valence electrons. The van der Waals surface area contributed by atoms with Crippen LogP contribution in [-0.2, 0) is 6.42 Å². The summed E-state index contributed by atoms with van der Waals surface area (Å²) in [6, 6.07) is 16.8. The van der Waals surface area contributed by atoms with Crippen LogP contribution in [-0.4, -0.2) is 22.5 Å². The number of aromatic nitrogens is 2. The zero-order chi connectivity index (χ0) is 17.9. The van der Waals surface area contributed by atoms with Crippen molar-refractivity contribution in [2.45, 2.75) is 12.8 Å². The molecule has 26 heavy (non-hydrogen) atoms. The zero-order valence-electron chi connectivity index (χ0n) is 14.0. The van der Waals surface area contributed by atoms with Gasteiger partial charge in [-0.3, -0.25) is 10.2 Å².